The van der Waals surface area contributed by atoms with Gasteiger partial charge in [0.05, 0.1) is 34.4 Å². The first-order valence-electron chi connectivity index (χ1n) is 9.65. The van der Waals surface area contributed by atoms with Crippen LogP contribution < -0.4 is 4.90 Å². The molecule has 1 aliphatic rings. The lowest BCUT2D eigenvalue weighted by atomic mass is 10.3. The first-order chi connectivity index (χ1) is 14.3. The third kappa shape index (κ3) is 3.75. The van der Waals surface area contributed by atoms with Crippen LogP contribution in [0.2, 0.25) is 0 Å². The second kappa shape index (κ2) is 8.14. The van der Waals surface area contributed by atoms with E-state index in [-0.39, 0.29) is 5.25 Å². The number of anilines is 1. The van der Waals surface area contributed by atoms with Gasteiger partial charge in [-0.05, 0) is 31.2 Å². The lowest BCUT2D eigenvalue weighted by Crippen LogP contribution is -2.37. The van der Waals surface area contributed by atoms with E-state index in [4.69, 9.17) is 9.72 Å². The lowest BCUT2D eigenvalue weighted by molar-refractivity contribution is 0.122. The largest absolute Gasteiger partial charge is 0.378 e. The Morgan fingerprint density at radius 2 is 1.76 bits per heavy atom. The SMILES string of the molecule is CC(Sc1nnc(N2CCOCC2)n1-c1ccccc1)c1nc2ccccc2s1. The van der Waals surface area contributed by atoms with Crippen molar-refractivity contribution in [3.8, 4) is 5.69 Å². The number of benzene rings is 2. The molecule has 0 saturated carbocycles. The van der Waals surface area contributed by atoms with Crippen LogP contribution in [0, 0.1) is 0 Å². The molecule has 4 aromatic rings. The number of thiazole rings is 1. The molecule has 0 N–H and O–H groups in total. The fraction of sp³-hybridized carbons (Fsp3) is 0.286. The van der Waals surface area contributed by atoms with Gasteiger partial charge in [-0.25, -0.2) is 4.98 Å². The van der Waals surface area contributed by atoms with Crippen molar-refractivity contribution < 1.29 is 4.74 Å². The Balaban J connectivity index is 1.49. The van der Waals surface area contributed by atoms with Crippen molar-refractivity contribution in [1.82, 2.24) is 19.7 Å². The molecule has 1 saturated heterocycles. The average molecular weight is 424 g/mol. The molecular weight excluding hydrogens is 402 g/mol. The minimum atomic E-state index is 0.177. The van der Waals surface area contributed by atoms with Crippen molar-refractivity contribution >= 4 is 39.3 Å². The molecule has 1 fully saturated rings. The highest BCUT2D eigenvalue weighted by molar-refractivity contribution is 7.99. The molecule has 1 aliphatic heterocycles. The molecule has 5 rings (SSSR count). The summed E-state index contributed by atoms with van der Waals surface area (Å²) >= 11 is 3.44. The Morgan fingerprint density at radius 1 is 1.00 bits per heavy atom. The van der Waals surface area contributed by atoms with Crippen LogP contribution in [0.3, 0.4) is 0 Å². The number of para-hydroxylation sites is 2. The first-order valence-corrected chi connectivity index (χ1v) is 11.3. The monoisotopic (exact) mass is 423 g/mol. The van der Waals surface area contributed by atoms with Gasteiger partial charge in [-0.2, -0.15) is 0 Å². The molecule has 0 amide bonds. The second-order valence-corrected chi connectivity index (χ2v) is 9.20. The van der Waals surface area contributed by atoms with Crippen LogP contribution in [0.1, 0.15) is 17.2 Å². The summed E-state index contributed by atoms with van der Waals surface area (Å²) in [6, 6.07) is 18.6. The van der Waals surface area contributed by atoms with Gasteiger partial charge < -0.3 is 9.64 Å². The maximum Gasteiger partial charge on any atom is 0.232 e. The number of aromatic nitrogens is 4. The van der Waals surface area contributed by atoms with Crippen LogP contribution in [0.25, 0.3) is 15.9 Å². The molecule has 0 aliphatic carbocycles. The molecule has 8 heteroatoms. The Kier molecular flexibility index (Phi) is 5.22. The standard InChI is InChI=1S/C21H21N5OS2/c1-15(19-22-17-9-5-6-10-18(17)29-19)28-21-24-23-20(25-11-13-27-14-12-25)26(21)16-7-3-2-4-8-16/h2-10,15H,11-14H2,1H3. The van der Waals surface area contributed by atoms with Gasteiger partial charge in [-0.3, -0.25) is 4.57 Å². The maximum absolute atomic E-state index is 5.51. The third-order valence-corrected chi connectivity index (χ3v) is 7.29. The Hall–Kier alpha value is -2.42. The Morgan fingerprint density at radius 3 is 2.55 bits per heavy atom. The van der Waals surface area contributed by atoms with E-state index >= 15 is 0 Å². The van der Waals surface area contributed by atoms with Crippen LogP contribution in [-0.2, 0) is 4.74 Å². The van der Waals surface area contributed by atoms with E-state index in [9.17, 15) is 0 Å². The number of morpholine rings is 1. The fourth-order valence-electron chi connectivity index (χ4n) is 3.38. The summed E-state index contributed by atoms with van der Waals surface area (Å²) in [5.74, 6) is 0.874. The zero-order valence-electron chi connectivity index (χ0n) is 16.1. The number of hydrogen-bond donors (Lipinski definition) is 0. The van der Waals surface area contributed by atoms with Crippen molar-refractivity contribution in [3.63, 3.8) is 0 Å². The average Bonchev–Trinajstić information content (AvgIpc) is 3.39. The van der Waals surface area contributed by atoms with Gasteiger partial charge in [0.2, 0.25) is 5.95 Å². The van der Waals surface area contributed by atoms with Crippen molar-refractivity contribution in [3.05, 3.63) is 59.6 Å². The van der Waals surface area contributed by atoms with E-state index in [1.165, 1.54) is 4.70 Å². The van der Waals surface area contributed by atoms with Gasteiger partial charge in [-0.15, -0.1) is 21.5 Å². The molecule has 1 atom stereocenters. The van der Waals surface area contributed by atoms with Crippen LogP contribution >= 0.6 is 23.1 Å². The zero-order valence-corrected chi connectivity index (χ0v) is 17.7. The minimum absolute atomic E-state index is 0.177. The topological polar surface area (TPSA) is 56.1 Å². The van der Waals surface area contributed by atoms with Gasteiger partial charge in [-0.1, -0.05) is 42.1 Å². The highest BCUT2D eigenvalue weighted by atomic mass is 32.2. The highest BCUT2D eigenvalue weighted by Crippen LogP contribution is 2.39. The lowest BCUT2D eigenvalue weighted by Gasteiger charge is -2.28. The molecule has 0 radical (unpaired) electrons. The zero-order chi connectivity index (χ0) is 19.6. The Labute approximate surface area is 177 Å². The van der Waals surface area contributed by atoms with Crippen LogP contribution in [0.15, 0.2) is 59.8 Å². The highest BCUT2D eigenvalue weighted by Gasteiger charge is 2.24. The van der Waals surface area contributed by atoms with E-state index < -0.39 is 0 Å². The summed E-state index contributed by atoms with van der Waals surface area (Å²) in [5, 5.41) is 11.3. The molecule has 1 unspecified atom stereocenters. The summed E-state index contributed by atoms with van der Waals surface area (Å²) in [5.41, 5.74) is 2.12. The van der Waals surface area contributed by atoms with E-state index in [1.807, 2.05) is 24.3 Å². The first kappa shape index (κ1) is 18.6. The number of rotatable bonds is 5. The molecule has 148 valence electrons. The van der Waals surface area contributed by atoms with Crippen LogP contribution in [0.4, 0.5) is 5.95 Å². The molecule has 2 aromatic carbocycles. The summed E-state index contributed by atoms with van der Waals surface area (Å²) in [6.45, 7) is 5.26. The predicted octanol–water partition coefficient (Wildman–Crippen LogP) is 4.57. The van der Waals surface area contributed by atoms with Crippen molar-refractivity contribution in [1.29, 1.82) is 0 Å². The smallest absolute Gasteiger partial charge is 0.232 e. The van der Waals surface area contributed by atoms with Gasteiger partial charge >= 0.3 is 0 Å². The quantitative estimate of drug-likeness (QED) is 0.439. The molecule has 0 bridgehead atoms. The molecule has 29 heavy (non-hydrogen) atoms. The number of thioether (sulfide) groups is 1. The van der Waals surface area contributed by atoms with Gasteiger partial charge in [0.1, 0.15) is 5.01 Å². The maximum atomic E-state index is 5.51. The van der Waals surface area contributed by atoms with Crippen LogP contribution in [0.5, 0.6) is 0 Å². The fourth-order valence-corrected chi connectivity index (χ4v) is 5.42. The van der Waals surface area contributed by atoms with E-state index in [1.54, 1.807) is 23.1 Å². The van der Waals surface area contributed by atoms with Crippen molar-refractivity contribution in [2.24, 2.45) is 0 Å². The summed E-state index contributed by atoms with van der Waals surface area (Å²) in [7, 11) is 0. The number of hydrogen-bond acceptors (Lipinski definition) is 7. The van der Waals surface area contributed by atoms with Gasteiger partial charge in [0.15, 0.2) is 5.16 Å². The Bertz CT molecular complexity index is 1070. The van der Waals surface area contributed by atoms with Crippen molar-refractivity contribution in [2.45, 2.75) is 17.3 Å². The van der Waals surface area contributed by atoms with E-state index in [2.05, 4.69) is 56.9 Å². The molecular formula is C21H21N5OS2. The van der Waals surface area contributed by atoms with Crippen molar-refractivity contribution in [2.75, 3.05) is 31.2 Å². The molecule has 2 aromatic heterocycles. The summed E-state index contributed by atoms with van der Waals surface area (Å²) in [4.78, 5) is 7.07. The molecule has 3 heterocycles. The van der Waals surface area contributed by atoms with E-state index in [0.717, 1.165) is 40.4 Å². The molecule has 0 spiro atoms. The van der Waals surface area contributed by atoms with E-state index in [0.29, 0.717) is 13.2 Å². The number of nitrogens with zero attached hydrogens (tertiary/aromatic N) is 5. The normalized spacial score (nSPS) is 15.7. The number of ether oxygens (including phenoxy) is 1. The van der Waals surface area contributed by atoms with Gasteiger partial charge in [0.25, 0.3) is 0 Å². The van der Waals surface area contributed by atoms with Gasteiger partial charge in [0, 0.05) is 13.1 Å². The van der Waals surface area contributed by atoms with Crippen LogP contribution in [-0.4, -0.2) is 46.1 Å². The summed E-state index contributed by atoms with van der Waals surface area (Å²) < 4.78 is 8.88. The molecule has 6 nitrogen and oxygen atoms in total. The number of fused-ring (bicyclic) bond motifs is 1. The predicted molar refractivity (Wildman–Crippen MR) is 118 cm³/mol. The summed E-state index contributed by atoms with van der Waals surface area (Å²) in [6.07, 6.45) is 0. The third-order valence-electron chi connectivity index (χ3n) is 4.86. The minimum Gasteiger partial charge on any atom is -0.378 e. The second-order valence-electron chi connectivity index (χ2n) is 6.83.